The predicted molar refractivity (Wildman–Crippen MR) is 148 cm³/mol. The molecule has 3 N–H and O–H groups in total. The molecule has 2 atom stereocenters. The number of aromatic hydroxyl groups is 1. The lowest BCUT2D eigenvalue weighted by molar-refractivity contribution is -0.148. The van der Waals surface area contributed by atoms with Gasteiger partial charge >= 0.3 is 12.1 Å². The van der Waals surface area contributed by atoms with Crippen molar-refractivity contribution in [3.05, 3.63) is 65.2 Å². The average molecular weight is 554 g/mol. The van der Waals surface area contributed by atoms with E-state index in [4.69, 9.17) is 4.74 Å². The summed E-state index contributed by atoms with van der Waals surface area (Å²) in [6.45, 7) is 6.46. The van der Waals surface area contributed by atoms with Crippen molar-refractivity contribution in [2.24, 2.45) is 0 Å². The highest BCUT2D eigenvalue weighted by atomic mass is 16.6. The topological polar surface area (TPSA) is 134 Å². The van der Waals surface area contributed by atoms with Gasteiger partial charge in [0, 0.05) is 18.0 Å². The maximum Gasteiger partial charge on any atom is 0.408 e. The molecule has 0 spiro atoms. The van der Waals surface area contributed by atoms with Crippen LogP contribution in [-0.4, -0.2) is 65.2 Å². The number of carbonyl (C=O) groups excluding carboxylic acids is 4. The number of alkyl carbamates (subject to hydrolysis) is 1. The summed E-state index contributed by atoms with van der Waals surface area (Å²) >= 11 is 0. The molecule has 1 fully saturated rings. The van der Waals surface area contributed by atoms with Gasteiger partial charge in [-0.25, -0.2) is 4.79 Å². The third kappa shape index (κ3) is 7.97. The molecule has 0 aromatic heterocycles. The van der Waals surface area contributed by atoms with Crippen molar-refractivity contribution in [1.82, 2.24) is 15.5 Å². The molecule has 0 aliphatic heterocycles. The van der Waals surface area contributed by atoms with Crippen molar-refractivity contribution < 1.29 is 33.8 Å². The molecule has 0 radical (unpaired) electrons. The fraction of sp³-hybridized carbons (Fsp3) is 0.467. The van der Waals surface area contributed by atoms with Gasteiger partial charge in [0.15, 0.2) is 0 Å². The van der Waals surface area contributed by atoms with Crippen LogP contribution >= 0.6 is 0 Å². The van der Waals surface area contributed by atoms with Crippen LogP contribution < -0.4 is 10.6 Å². The Kier molecular flexibility index (Phi) is 10.1. The molecule has 2 aromatic rings. The molecule has 0 bridgehead atoms. The van der Waals surface area contributed by atoms with Crippen LogP contribution in [0.25, 0.3) is 0 Å². The number of para-hydroxylation sites is 1. The Labute approximate surface area is 235 Å². The van der Waals surface area contributed by atoms with Crippen LogP contribution in [0.1, 0.15) is 62.8 Å². The van der Waals surface area contributed by atoms with E-state index in [0.717, 1.165) is 12.0 Å². The Morgan fingerprint density at radius 2 is 1.73 bits per heavy atom. The summed E-state index contributed by atoms with van der Waals surface area (Å²) in [5.41, 5.74) is 0.757. The van der Waals surface area contributed by atoms with Crippen LogP contribution in [0.15, 0.2) is 48.5 Å². The van der Waals surface area contributed by atoms with E-state index in [1.165, 1.54) is 12.0 Å². The predicted octanol–water partition coefficient (Wildman–Crippen LogP) is 3.55. The van der Waals surface area contributed by atoms with Gasteiger partial charge in [0.05, 0.1) is 7.11 Å². The minimum absolute atomic E-state index is 0.127. The van der Waals surface area contributed by atoms with Gasteiger partial charge in [0.1, 0.15) is 30.0 Å². The van der Waals surface area contributed by atoms with E-state index in [1.54, 1.807) is 45.9 Å². The maximum atomic E-state index is 14.4. The monoisotopic (exact) mass is 553 g/mol. The van der Waals surface area contributed by atoms with Crippen LogP contribution in [0.2, 0.25) is 0 Å². The van der Waals surface area contributed by atoms with Gasteiger partial charge in [-0.1, -0.05) is 48.5 Å². The minimum atomic E-state index is -1.26. The number of nitrogens with zero attached hydrogens (tertiary/aromatic N) is 1. The number of esters is 1. The number of carbonyl (C=O) groups is 4. The summed E-state index contributed by atoms with van der Waals surface area (Å²) in [7, 11) is 1.21. The second-order valence-electron chi connectivity index (χ2n) is 10.9. The normalized spacial score (nSPS) is 14.7. The molecule has 3 rings (SSSR count). The zero-order valence-electron chi connectivity index (χ0n) is 23.7. The van der Waals surface area contributed by atoms with Crippen molar-refractivity contribution in [1.29, 1.82) is 0 Å². The maximum absolute atomic E-state index is 14.4. The van der Waals surface area contributed by atoms with Crippen molar-refractivity contribution >= 4 is 23.9 Å². The van der Waals surface area contributed by atoms with Crippen molar-refractivity contribution in [2.45, 2.75) is 77.1 Å². The number of rotatable bonds is 10. The van der Waals surface area contributed by atoms with E-state index >= 15 is 0 Å². The van der Waals surface area contributed by atoms with Crippen molar-refractivity contribution in [2.75, 3.05) is 13.7 Å². The number of amides is 3. The largest absolute Gasteiger partial charge is 0.507 e. The molecule has 40 heavy (non-hydrogen) atoms. The standard InChI is InChI=1S/C30H39N3O7/c1-19-11-9-16-22(26(19)35)25(27(36)31-18-24(34)39-5)33(21-14-10-15-21)28(37)23(17-20-12-7-6-8-13-20)32-29(38)40-30(2,3)4/h6-9,11-13,16,21,23,25,35H,10,14-15,17-18H2,1-5H3,(H,31,36)(H,32,38). The quantitative estimate of drug-likeness (QED) is 0.383. The summed E-state index contributed by atoms with van der Waals surface area (Å²) in [6, 6.07) is 11.5. The molecule has 10 nitrogen and oxygen atoms in total. The van der Waals surface area contributed by atoms with Crippen molar-refractivity contribution in [3.8, 4) is 5.75 Å². The molecule has 3 amide bonds. The number of hydrogen-bond donors (Lipinski definition) is 3. The van der Waals surface area contributed by atoms with Crippen LogP contribution in [0.5, 0.6) is 5.75 Å². The zero-order valence-corrected chi connectivity index (χ0v) is 23.7. The molecule has 10 heteroatoms. The van der Waals surface area contributed by atoms with E-state index < -0.39 is 48.1 Å². The van der Waals surface area contributed by atoms with Gasteiger partial charge in [-0.15, -0.1) is 0 Å². The van der Waals surface area contributed by atoms with Crippen LogP contribution in [0.3, 0.4) is 0 Å². The molecule has 0 heterocycles. The lowest BCUT2D eigenvalue weighted by atomic mass is 9.87. The van der Waals surface area contributed by atoms with E-state index in [-0.39, 0.29) is 23.8 Å². The molecule has 2 unspecified atom stereocenters. The molecular formula is C30H39N3O7. The number of aryl methyl sites for hydroxylation is 1. The number of phenols is 1. The van der Waals surface area contributed by atoms with Gasteiger partial charge in [-0.2, -0.15) is 0 Å². The average Bonchev–Trinajstić information content (AvgIpc) is 2.86. The first kappa shape index (κ1) is 30.5. The number of hydrogen-bond acceptors (Lipinski definition) is 7. The van der Waals surface area contributed by atoms with Gasteiger partial charge in [-0.05, 0) is 58.1 Å². The zero-order chi connectivity index (χ0) is 29.4. The number of phenolic OH excluding ortho intramolecular Hbond substituents is 1. The van der Waals surface area contributed by atoms with Gasteiger partial charge < -0.3 is 30.1 Å². The number of benzene rings is 2. The first-order chi connectivity index (χ1) is 18.9. The lowest BCUT2D eigenvalue weighted by Gasteiger charge is -2.43. The lowest BCUT2D eigenvalue weighted by Crippen LogP contribution is -2.58. The Balaban J connectivity index is 2.06. The van der Waals surface area contributed by atoms with Gasteiger partial charge in [-0.3, -0.25) is 14.4 Å². The SMILES string of the molecule is COC(=O)CNC(=O)C(c1cccc(C)c1O)N(C(=O)C(Cc1ccccc1)NC(=O)OC(C)(C)C)C1CCC1. The summed E-state index contributed by atoms with van der Waals surface area (Å²) < 4.78 is 10.1. The smallest absolute Gasteiger partial charge is 0.408 e. The van der Waals surface area contributed by atoms with E-state index in [0.29, 0.717) is 18.4 Å². The Morgan fingerprint density at radius 1 is 1.05 bits per heavy atom. The second-order valence-corrected chi connectivity index (χ2v) is 10.9. The molecule has 1 saturated carbocycles. The molecule has 1 aliphatic rings. The minimum Gasteiger partial charge on any atom is -0.507 e. The number of ether oxygens (including phenoxy) is 2. The summed E-state index contributed by atoms with van der Waals surface area (Å²) in [4.78, 5) is 54.2. The Hall–Kier alpha value is -4.08. The van der Waals surface area contributed by atoms with Crippen LogP contribution in [-0.2, 0) is 30.3 Å². The summed E-state index contributed by atoms with van der Waals surface area (Å²) in [5.74, 6) is -1.94. The first-order valence-electron chi connectivity index (χ1n) is 13.4. The molecular weight excluding hydrogens is 514 g/mol. The van der Waals surface area contributed by atoms with Gasteiger partial charge in [0.25, 0.3) is 0 Å². The molecule has 216 valence electrons. The highest BCUT2D eigenvalue weighted by Gasteiger charge is 2.43. The first-order valence-corrected chi connectivity index (χ1v) is 13.4. The number of methoxy groups -OCH3 is 1. The highest BCUT2D eigenvalue weighted by molar-refractivity contribution is 5.94. The fourth-order valence-corrected chi connectivity index (χ4v) is 4.51. The highest BCUT2D eigenvalue weighted by Crippen LogP contribution is 2.38. The van der Waals surface area contributed by atoms with Crippen LogP contribution in [0.4, 0.5) is 4.79 Å². The summed E-state index contributed by atoms with van der Waals surface area (Å²) in [5, 5.41) is 16.3. The number of nitrogens with one attached hydrogen (secondary N) is 2. The molecule has 1 aliphatic carbocycles. The fourth-order valence-electron chi connectivity index (χ4n) is 4.51. The van der Waals surface area contributed by atoms with E-state index in [1.807, 2.05) is 30.3 Å². The summed E-state index contributed by atoms with van der Waals surface area (Å²) in [6.07, 6.45) is 1.53. The molecule has 0 saturated heterocycles. The Morgan fingerprint density at radius 3 is 2.30 bits per heavy atom. The third-order valence-electron chi connectivity index (χ3n) is 6.72. The van der Waals surface area contributed by atoms with E-state index in [9.17, 15) is 24.3 Å². The third-order valence-corrected chi connectivity index (χ3v) is 6.72. The second kappa shape index (κ2) is 13.3. The van der Waals surface area contributed by atoms with Gasteiger partial charge in [0.2, 0.25) is 11.8 Å². The molecule has 2 aromatic carbocycles. The van der Waals surface area contributed by atoms with Crippen molar-refractivity contribution in [3.63, 3.8) is 0 Å². The Bertz CT molecular complexity index is 1210. The van der Waals surface area contributed by atoms with E-state index in [2.05, 4.69) is 15.4 Å². The van der Waals surface area contributed by atoms with Crippen LogP contribution in [0, 0.1) is 6.92 Å².